The first-order valence-corrected chi connectivity index (χ1v) is 6.16. The summed E-state index contributed by atoms with van der Waals surface area (Å²) in [7, 11) is 1.64. The molecule has 0 radical (unpaired) electrons. The van der Waals surface area contributed by atoms with Crippen LogP contribution in [-0.2, 0) is 4.74 Å². The zero-order chi connectivity index (χ0) is 14.1. The molecule has 1 aromatic rings. The van der Waals surface area contributed by atoms with Gasteiger partial charge in [-0.05, 0) is 19.8 Å². The Morgan fingerprint density at radius 3 is 2.58 bits per heavy atom. The molecule has 8 nitrogen and oxygen atoms in total. The van der Waals surface area contributed by atoms with Crippen LogP contribution in [0.15, 0.2) is 6.33 Å². The van der Waals surface area contributed by atoms with Crippen LogP contribution in [0.3, 0.4) is 0 Å². The van der Waals surface area contributed by atoms with Gasteiger partial charge in [-0.25, -0.2) is 9.97 Å². The lowest BCUT2D eigenvalue weighted by molar-refractivity contribution is -0.383. The fourth-order valence-corrected chi connectivity index (χ4v) is 1.56. The van der Waals surface area contributed by atoms with Gasteiger partial charge in [-0.2, -0.15) is 0 Å². The Labute approximate surface area is 111 Å². The van der Waals surface area contributed by atoms with Gasteiger partial charge in [0.05, 0.1) is 4.92 Å². The summed E-state index contributed by atoms with van der Waals surface area (Å²) in [5, 5.41) is 16.9. The summed E-state index contributed by atoms with van der Waals surface area (Å²) >= 11 is 0. The fraction of sp³-hybridized carbons (Fsp3) is 0.636. The summed E-state index contributed by atoms with van der Waals surface area (Å²) in [5.41, 5.74) is -0.115. The van der Waals surface area contributed by atoms with E-state index in [0.29, 0.717) is 19.7 Å². The van der Waals surface area contributed by atoms with Gasteiger partial charge in [0.1, 0.15) is 6.33 Å². The van der Waals surface area contributed by atoms with Gasteiger partial charge < -0.3 is 15.4 Å². The van der Waals surface area contributed by atoms with E-state index >= 15 is 0 Å². The molecule has 0 fully saturated rings. The molecule has 8 heteroatoms. The van der Waals surface area contributed by atoms with E-state index in [2.05, 4.69) is 20.6 Å². The average molecular weight is 269 g/mol. The SMILES string of the molecule is CCNc1ncnc(NCCCCOC)c1[N+](=O)[O-]. The Hall–Kier alpha value is -1.96. The quantitative estimate of drug-likeness (QED) is 0.399. The van der Waals surface area contributed by atoms with Gasteiger partial charge in [0.2, 0.25) is 11.6 Å². The summed E-state index contributed by atoms with van der Waals surface area (Å²) in [5.74, 6) is 0.482. The maximum atomic E-state index is 11.1. The van der Waals surface area contributed by atoms with Crippen molar-refractivity contribution < 1.29 is 9.66 Å². The number of methoxy groups -OCH3 is 1. The van der Waals surface area contributed by atoms with Gasteiger partial charge in [-0.1, -0.05) is 0 Å². The van der Waals surface area contributed by atoms with Crippen LogP contribution < -0.4 is 10.6 Å². The van der Waals surface area contributed by atoms with E-state index in [0.717, 1.165) is 12.8 Å². The van der Waals surface area contributed by atoms with Crippen LogP contribution in [0, 0.1) is 10.1 Å². The smallest absolute Gasteiger partial charge is 0.353 e. The third kappa shape index (κ3) is 4.66. The Morgan fingerprint density at radius 2 is 2.00 bits per heavy atom. The maximum Gasteiger partial charge on any atom is 0.353 e. The van der Waals surface area contributed by atoms with Gasteiger partial charge in [-0.15, -0.1) is 0 Å². The number of unbranched alkanes of at least 4 members (excludes halogenated alkanes) is 1. The Morgan fingerprint density at radius 1 is 1.32 bits per heavy atom. The molecule has 0 aliphatic rings. The number of aromatic nitrogens is 2. The van der Waals surface area contributed by atoms with Crippen LogP contribution in [0.25, 0.3) is 0 Å². The summed E-state index contributed by atoms with van der Waals surface area (Å²) in [4.78, 5) is 18.4. The lowest BCUT2D eigenvalue weighted by atomic mass is 10.3. The van der Waals surface area contributed by atoms with Crippen molar-refractivity contribution in [2.45, 2.75) is 19.8 Å². The molecule has 0 saturated heterocycles. The highest BCUT2D eigenvalue weighted by atomic mass is 16.6. The van der Waals surface area contributed by atoms with Gasteiger partial charge in [0.15, 0.2) is 0 Å². The van der Waals surface area contributed by atoms with Gasteiger partial charge in [0, 0.05) is 26.8 Å². The van der Waals surface area contributed by atoms with Crippen molar-refractivity contribution in [1.82, 2.24) is 9.97 Å². The van der Waals surface area contributed by atoms with Crippen LogP contribution in [0.1, 0.15) is 19.8 Å². The minimum absolute atomic E-state index is 0.115. The highest BCUT2D eigenvalue weighted by Crippen LogP contribution is 2.28. The number of anilines is 2. The van der Waals surface area contributed by atoms with Crippen molar-refractivity contribution >= 4 is 17.3 Å². The van der Waals surface area contributed by atoms with Gasteiger partial charge in [0.25, 0.3) is 0 Å². The molecular weight excluding hydrogens is 250 g/mol. The second-order valence-corrected chi connectivity index (χ2v) is 3.83. The summed E-state index contributed by atoms with van der Waals surface area (Å²) in [6.07, 6.45) is 3.05. The van der Waals surface area contributed by atoms with E-state index < -0.39 is 4.92 Å². The molecule has 0 aromatic carbocycles. The summed E-state index contributed by atoms with van der Waals surface area (Å²) in [6.45, 7) is 3.69. The third-order valence-corrected chi connectivity index (χ3v) is 2.42. The number of nitrogens with zero attached hydrogens (tertiary/aromatic N) is 3. The Bertz CT molecular complexity index is 413. The van der Waals surface area contributed by atoms with E-state index in [1.807, 2.05) is 6.92 Å². The zero-order valence-corrected chi connectivity index (χ0v) is 11.2. The first-order valence-electron chi connectivity index (χ1n) is 6.16. The van der Waals surface area contributed by atoms with Crippen LogP contribution in [-0.4, -0.2) is 41.7 Å². The molecule has 106 valence electrons. The monoisotopic (exact) mass is 269 g/mol. The Balaban J connectivity index is 2.70. The molecular formula is C11H19N5O3. The zero-order valence-electron chi connectivity index (χ0n) is 11.2. The molecule has 0 aliphatic carbocycles. The molecule has 0 aliphatic heterocycles. The van der Waals surface area contributed by atoms with Crippen molar-refractivity contribution in [3.05, 3.63) is 16.4 Å². The standard InChI is InChI=1S/C11H19N5O3/c1-3-12-10-9(16(17)18)11(15-8-14-10)13-6-4-5-7-19-2/h8H,3-7H2,1-2H3,(H2,12,13,14,15). The largest absolute Gasteiger partial charge is 0.385 e. The molecule has 0 amide bonds. The Kier molecular flexibility index (Phi) is 6.51. The molecule has 0 unspecified atom stereocenters. The van der Waals surface area contributed by atoms with Crippen molar-refractivity contribution in [1.29, 1.82) is 0 Å². The minimum atomic E-state index is -0.477. The number of nitro groups is 1. The topological polar surface area (TPSA) is 102 Å². The van der Waals surface area contributed by atoms with Gasteiger partial charge >= 0.3 is 5.69 Å². The van der Waals surface area contributed by atoms with E-state index in [1.54, 1.807) is 7.11 Å². The van der Waals surface area contributed by atoms with Crippen LogP contribution in [0.2, 0.25) is 0 Å². The molecule has 0 atom stereocenters. The number of ether oxygens (including phenoxy) is 1. The third-order valence-electron chi connectivity index (χ3n) is 2.42. The molecule has 0 spiro atoms. The minimum Gasteiger partial charge on any atom is -0.385 e. The van der Waals surface area contributed by atoms with Gasteiger partial charge in [-0.3, -0.25) is 10.1 Å². The first kappa shape index (κ1) is 15.1. The van der Waals surface area contributed by atoms with E-state index in [4.69, 9.17) is 4.74 Å². The molecule has 1 rings (SSSR count). The fourth-order valence-electron chi connectivity index (χ4n) is 1.56. The number of nitrogens with one attached hydrogen (secondary N) is 2. The molecule has 0 bridgehead atoms. The normalized spacial score (nSPS) is 10.2. The molecule has 2 N–H and O–H groups in total. The highest BCUT2D eigenvalue weighted by molar-refractivity contribution is 5.69. The summed E-state index contributed by atoms with van der Waals surface area (Å²) in [6, 6.07) is 0. The van der Waals surface area contributed by atoms with Crippen molar-refractivity contribution in [3.8, 4) is 0 Å². The average Bonchev–Trinajstić information content (AvgIpc) is 2.38. The molecule has 1 heterocycles. The van der Waals surface area contributed by atoms with Crippen molar-refractivity contribution in [2.75, 3.05) is 37.4 Å². The van der Waals surface area contributed by atoms with E-state index in [1.165, 1.54) is 6.33 Å². The van der Waals surface area contributed by atoms with Crippen LogP contribution in [0.5, 0.6) is 0 Å². The predicted molar refractivity (Wildman–Crippen MR) is 72.4 cm³/mol. The molecule has 1 aromatic heterocycles. The number of hydrogen-bond donors (Lipinski definition) is 2. The van der Waals surface area contributed by atoms with Crippen molar-refractivity contribution in [2.24, 2.45) is 0 Å². The number of rotatable bonds is 9. The highest BCUT2D eigenvalue weighted by Gasteiger charge is 2.21. The number of hydrogen-bond acceptors (Lipinski definition) is 7. The van der Waals surface area contributed by atoms with Crippen LogP contribution in [0.4, 0.5) is 17.3 Å². The lowest BCUT2D eigenvalue weighted by Gasteiger charge is -2.08. The van der Waals surface area contributed by atoms with Crippen LogP contribution >= 0.6 is 0 Å². The predicted octanol–water partition coefficient (Wildman–Crippen LogP) is 1.66. The first-order chi connectivity index (χ1) is 9.20. The maximum absolute atomic E-state index is 11.1. The second-order valence-electron chi connectivity index (χ2n) is 3.83. The van der Waals surface area contributed by atoms with Crippen molar-refractivity contribution in [3.63, 3.8) is 0 Å². The molecule has 19 heavy (non-hydrogen) atoms. The van der Waals surface area contributed by atoms with E-state index in [9.17, 15) is 10.1 Å². The summed E-state index contributed by atoms with van der Waals surface area (Å²) < 4.78 is 4.94. The molecule has 0 saturated carbocycles. The second kappa shape index (κ2) is 8.20. The van der Waals surface area contributed by atoms with E-state index in [-0.39, 0.29) is 17.3 Å². The lowest BCUT2D eigenvalue weighted by Crippen LogP contribution is -2.10.